The zero-order chi connectivity index (χ0) is 26.2. The van der Waals surface area contributed by atoms with Gasteiger partial charge in [-0.1, -0.05) is 49.0 Å². The summed E-state index contributed by atoms with van der Waals surface area (Å²) in [6, 6.07) is 26.4. The topological polar surface area (TPSA) is 90.9 Å². The molecule has 0 aliphatic heterocycles. The van der Waals surface area contributed by atoms with E-state index in [4.69, 9.17) is 14.2 Å². The fraction of sp³-hybridized carbons (Fsp3) is 0.100. The maximum Gasteiger partial charge on any atom is 0.343 e. The summed E-state index contributed by atoms with van der Waals surface area (Å²) in [5.41, 5.74) is 1.79. The molecule has 1 atom stereocenters. The van der Waals surface area contributed by atoms with E-state index >= 15 is 0 Å². The van der Waals surface area contributed by atoms with Gasteiger partial charge in [0.1, 0.15) is 11.5 Å². The van der Waals surface area contributed by atoms with Crippen LogP contribution in [0.1, 0.15) is 39.2 Å². The minimum absolute atomic E-state index is 0.197. The first kappa shape index (κ1) is 25.2. The Morgan fingerprint density at radius 2 is 1.49 bits per heavy atom. The maximum atomic E-state index is 12.8. The van der Waals surface area contributed by atoms with Gasteiger partial charge in [0.25, 0.3) is 5.91 Å². The number of ether oxygens (including phenoxy) is 3. The summed E-state index contributed by atoms with van der Waals surface area (Å²) in [5, 5.41) is 5.24. The lowest BCUT2D eigenvalue weighted by atomic mass is 9.99. The standard InChI is InChI=1S/C30H25NO6/c1-3-28(32)36-19-35-24-15-13-23(14-16-24)30(34)37-25-17-11-22(12-18-25)29(33)31-20(2)26-10-6-8-21-7-4-5-9-27(21)26/h3-18,20H,1,19H2,2H3,(H,31,33). The van der Waals surface area contributed by atoms with Crippen molar-refractivity contribution in [2.24, 2.45) is 0 Å². The molecule has 0 spiro atoms. The molecule has 0 bridgehead atoms. The van der Waals surface area contributed by atoms with Crippen molar-refractivity contribution in [3.8, 4) is 11.5 Å². The molecule has 0 aliphatic carbocycles. The van der Waals surface area contributed by atoms with E-state index < -0.39 is 11.9 Å². The zero-order valence-electron chi connectivity index (χ0n) is 20.2. The van der Waals surface area contributed by atoms with Gasteiger partial charge in [-0.2, -0.15) is 0 Å². The van der Waals surface area contributed by atoms with Gasteiger partial charge in [0.15, 0.2) is 0 Å². The largest absolute Gasteiger partial charge is 0.457 e. The highest BCUT2D eigenvalue weighted by atomic mass is 16.7. The Labute approximate surface area is 214 Å². The number of carbonyl (C=O) groups is 3. The van der Waals surface area contributed by atoms with Crippen LogP contribution in [-0.4, -0.2) is 24.6 Å². The van der Waals surface area contributed by atoms with Gasteiger partial charge >= 0.3 is 11.9 Å². The number of fused-ring (bicyclic) bond motifs is 1. The van der Waals surface area contributed by atoms with E-state index in [2.05, 4.69) is 11.9 Å². The number of rotatable bonds is 9. The average Bonchev–Trinajstić information content (AvgIpc) is 2.93. The van der Waals surface area contributed by atoms with Gasteiger partial charge in [-0.05, 0) is 71.8 Å². The number of esters is 2. The summed E-state index contributed by atoms with van der Waals surface area (Å²) >= 11 is 0. The molecule has 0 saturated heterocycles. The number of hydrogen-bond donors (Lipinski definition) is 1. The maximum absolute atomic E-state index is 12.8. The molecular weight excluding hydrogens is 470 g/mol. The van der Waals surface area contributed by atoms with E-state index in [0.29, 0.717) is 22.6 Å². The van der Waals surface area contributed by atoms with E-state index in [0.717, 1.165) is 22.4 Å². The van der Waals surface area contributed by atoms with Gasteiger partial charge in [0.05, 0.1) is 11.6 Å². The molecule has 37 heavy (non-hydrogen) atoms. The number of carbonyl (C=O) groups excluding carboxylic acids is 3. The van der Waals surface area contributed by atoms with Crippen LogP contribution in [-0.2, 0) is 9.53 Å². The summed E-state index contributed by atoms with van der Waals surface area (Å²) < 4.78 is 15.4. The minimum atomic E-state index is -0.594. The number of hydrogen-bond acceptors (Lipinski definition) is 6. The molecule has 0 saturated carbocycles. The van der Waals surface area contributed by atoms with Crippen LogP contribution in [0.2, 0.25) is 0 Å². The second-order valence-corrected chi connectivity index (χ2v) is 8.13. The van der Waals surface area contributed by atoms with Crippen molar-refractivity contribution in [1.82, 2.24) is 5.32 Å². The lowest BCUT2D eigenvalue weighted by molar-refractivity contribution is -0.144. The SMILES string of the molecule is C=CC(=O)OCOc1ccc(C(=O)Oc2ccc(C(=O)NC(C)c3cccc4ccccc34)cc2)cc1. The second kappa shape index (κ2) is 11.7. The predicted octanol–water partition coefficient (Wildman–Crippen LogP) is 5.62. The van der Waals surface area contributed by atoms with Gasteiger partial charge in [-0.15, -0.1) is 0 Å². The number of amides is 1. The van der Waals surface area contributed by atoms with E-state index in [1.165, 1.54) is 12.1 Å². The van der Waals surface area contributed by atoms with E-state index in [1.807, 2.05) is 49.4 Å². The van der Waals surface area contributed by atoms with Crippen LogP contribution in [0.25, 0.3) is 10.8 Å². The monoisotopic (exact) mass is 495 g/mol. The van der Waals surface area contributed by atoms with Crippen LogP contribution in [0.5, 0.6) is 11.5 Å². The van der Waals surface area contributed by atoms with Crippen LogP contribution in [0.15, 0.2) is 104 Å². The molecule has 0 heterocycles. The molecule has 186 valence electrons. The lowest BCUT2D eigenvalue weighted by Crippen LogP contribution is -2.26. The molecule has 7 heteroatoms. The molecule has 0 radical (unpaired) electrons. The Morgan fingerprint density at radius 3 is 2.22 bits per heavy atom. The number of nitrogens with one attached hydrogen (secondary N) is 1. The summed E-state index contributed by atoms with van der Waals surface area (Å²) in [5.74, 6) is -0.663. The Morgan fingerprint density at radius 1 is 0.838 bits per heavy atom. The summed E-state index contributed by atoms with van der Waals surface area (Å²) in [6.07, 6.45) is 1.04. The first-order valence-electron chi connectivity index (χ1n) is 11.6. The van der Waals surface area contributed by atoms with Gasteiger partial charge < -0.3 is 19.5 Å². The molecule has 0 aromatic heterocycles. The Bertz CT molecular complexity index is 1420. The molecule has 7 nitrogen and oxygen atoms in total. The highest BCUT2D eigenvalue weighted by Gasteiger charge is 2.15. The Balaban J connectivity index is 1.33. The van der Waals surface area contributed by atoms with Crippen LogP contribution >= 0.6 is 0 Å². The molecule has 0 fully saturated rings. The normalized spacial score (nSPS) is 11.3. The molecular formula is C30H25NO6. The van der Waals surface area contributed by atoms with Gasteiger partial charge in [-0.3, -0.25) is 4.79 Å². The Kier molecular flexibility index (Phi) is 7.95. The van der Waals surface area contributed by atoms with Gasteiger partial charge in [0.2, 0.25) is 6.79 Å². The second-order valence-electron chi connectivity index (χ2n) is 8.13. The minimum Gasteiger partial charge on any atom is -0.457 e. The molecule has 4 rings (SSSR count). The summed E-state index contributed by atoms with van der Waals surface area (Å²) in [7, 11) is 0. The van der Waals surface area contributed by atoms with Crippen molar-refractivity contribution in [2.45, 2.75) is 13.0 Å². The lowest BCUT2D eigenvalue weighted by Gasteiger charge is -2.17. The first-order valence-corrected chi connectivity index (χ1v) is 11.6. The predicted molar refractivity (Wildman–Crippen MR) is 139 cm³/mol. The van der Waals surface area contributed by atoms with Gasteiger partial charge in [-0.25, -0.2) is 9.59 Å². The van der Waals surface area contributed by atoms with Crippen LogP contribution < -0.4 is 14.8 Å². The van der Waals surface area contributed by atoms with Crippen LogP contribution in [0, 0.1) is 0 Å². The fourth-order valence-electron chi connectivity index (χ4n) is 3.73. The highest BCUT2D eigenvalue weighted by Crippen LogP contribution is 2.24. The third-order valence-corrected chi connectivity index (χ3v) is 5.65. The van der Waals surface area contributed by atoms with Gasteiger partial charge in [0, 0.05) is 11.6 Å². The van der Waals surface area contributed by atoms with E-state index in [9.17, 15) is 14.4 Å². The van der Waals surface area contributed by atoms with Crippen molar-refractivity contribution in [3.05, 3.63) is 120 Å². The molecule has 4 aromatic carbocycles. The van der Waals surface area contributed by atoms with Crippen molar-refractivity contribution >= 4 is 28.6 Å². The summed E-state index contributed by atoms with van der Waals surface area (Å²) in [6.45, 7) is 4.97. The molecule has 4 aromatic rings. The fourth-order valence-corrected chi connectivity index (χ4v) is 3.73. The molecule has 0 aliphatic rings. The Hall–Kier alpha value is -4.91. The third-order valence-electron chi connectivity index (χ3n) is 5.65. The van der Waals surface area contributed by atoms with Crippen molar-refractivity contribution in [3.63, 3.8) is 0 Å². The average molecular weight is 496 g/mol. The first-order chi connectivity index (χ1) is 17.9. The third kappa shape index (κ3) is 6.41. The smallest absolute Gasteiger partial charge is 0.343 e. The zero-order valence-corrected chi connectivity index (χ0v) is 20.2. The molecule has 1 amide bonds. The van der Waals surface area contributed by atoms with Crippen molar-refractivity contribution < 1.29 is 28.6 Å². The highest BCUT2D eigenvalue weighted by molar-refractivity contribution is 5.95. The quantitative estimate of drug-likeness (QED) is 0.140. The molecule has 1 unspecified atom stereocenters. The van der Waals surface area contributed by atoms with E-state index in [1.54, 1.807) is 36.4 Å². The summed E-state index contributed by atoms with van der Waals surface area (Å²) in [4.78, 5) is 36.3. The van der Waals surface area contributed by atoms with E-state index in [-0.39, 0.29) is 18.7 Å². The van der Waals surface area contributed by atoms with Crippen molar-refractivity contribution in [1.29, 1.82) is 0 Å². The van der Waals surface area contributed by atoms with Crippen LogP contribution in [0.3, 0.4) is 0 Å². The number of benzene rings is 4. The molecule has 1 N–H and O–H groups in total. The van der Waals surface area contributed by atoms with Crippen molar-refractivity contribution in [2.75, 3.05) is 6.79 Å². The van der Waals surface area contributed by atoms with Crippen LogP contribution in [0.4, 0.5) is 0 Å².